The van der Waals surface area contributed by atoms with Gasteiger partial charge >= 0.3 is 0 Å². The number of hydrogen-bond acceptors (Lipinski definition) is 3. The first-order valence-corrected chi connectivity index (χ1v) is 8.17. The third kappa shape index (κ3) is 5.60. The van der Waals surface area contributed by atoms with Crippen molar-refractivity contribution in [2.75, 3.05) is 11.5 Å². The van der Waals surface area contributed by atoms with Crippen LogP contribution in [0.3, 0.4) is 0 Å². The third-order valence-corrected chi connectivity index (χ3v) is 4.14. The molecule has 0 spiro atoms. The van der Waals surface area contributed by atoms with Crippen LogP contribution in [0, 0.1) is 5.92 Å². The first-order valence-electron chi connectivity index (χ1n) is 7.02. The number of Topliss-reactive ketones (excluding diaryl/α,β-unsaturated/α-hetero) is 1. The van der Waals surface area contributed by atoms with E-state index in [9.17, 15) is 9.59 Å². The van der Waals surface area contributed by atoms with Crippen molar-refractivity contribution in [1.82, 2.24) is 5.32 Å². The van der Waals surface area contributed by atoms with E-state index >= 15 is 0 Å². The van der Waals surface area contributed by atoms with Gasteiger partial charge in [-0.15, -0.1) is 0 Å². The molecule has 1 aromatic rings. The first kappa shape index (κ1) is 15.6. The number of thioether (sulfide) groups is 1. The maximum Gasteiger partial charge on any atom is 0.230 e. The Morgan fingerprint density at radius 1 is 1.10 bits per heavy atom. The van der Waals surface area contributed by atoms with Gasteiger partial charge in [0.2, 0.25) is 5.91 Å². The quantitative estimate of drug-likeness (QED) is 0.751. The Labute approximate surface area is 129 Å². The summed E-state index contributed by atoms with van der Waals surface area (Å²) >= 11 is 1.50. The summed E-state index contributed by atoms with van der Waals surface area (Å²) in [6.07, 6.45) is 8.11. The SMILES string of the molecule is O=C(CSCCC(=O)C1C=CC=C1)NCc1ccccc1. The summed E-state index contributed by atoms with van der Waals surface area (Å²) in [7, 11) is 0. The fraction of sp³-hybridized carbons (Fsp3) is 0.294. The Kier molecular flexibility index (Phi) is 6.28. The van der Waals surface area contributed by atoms with Gasteiger partial charge in [0.25, 0.3) is 0 Å². The van der Waals surface area contributed by atoms with E-state index in [1.54, 1.807) is 0 Å². The highest BCUT2D eigenvalue weighted by atomic mass is 32.2. The van der Waals surface area contributed by atoms with Gasteiger partial charge in [0.15, 0.2) is 0 Å². The summed E-state index contributed by atoms with van der Waals surface area (Å²) < 4.78 is 0. The van der Waals surface area contributed by atoms with E-state index in [4.69, 9.17) is 0 Å². The molecule has 0 saturated carbocycles. The average Bonchev–Trinajstić information content (AvgIpc) is 3.05. The molecule has 0 aliphatic heterocycles. The molecule has 0 aromatic heterocycles. The molecule has 1 aliphatic carbocycles. The molecule has 1 aromatic carbocycles. The lowest BCUT2D eigenvalue weighted by Gasteiger charge is -2.06. The highest BCUT2D eigenvalue weighted by molar-refractivity contribution is 7.99. The summed E-state index contributed by atoms with van der Waals surface area (Å²) in [5.41, 5.74) is 1.09. The molecular formula is C17H19NO2S. The van der Waals surface area contributed by atoms with Gasteiger partial charge in [-0.2, -0.15) is 11.8 Å². The van der Waals surface area contributed by atoms with Gasteiger partial charge in [0.05, 0.1) is 11.7 Å². The van der Waals surface area contributed by atoms with E-state index in [2.05, 4.69) is 5.32 Å². The molecule has 1 amide bonds. The highest BCUT2D eigenvalue weighted by Crippen LogP contribution is 2.14. The van der Waals surface area contributed by atoms with Crippen LogP contribution in [0.2, 0.25) is 0 Å². The molecule has 4 heteroatoms. The van der Waals surface area contributed by atoms with Crippen molar-refractivity contribution in [2.45, 2.75) is 13.0 Å². The minimum absolute atomic E-state index is 0.0111. The van der Waals surface area contributed by atoms with Gasteiger partial charge in [-0.1, -0.05) is 54.6 Å². The second-order valence-electron chi connectivity index (χ2n) is 4.83. The Balaban J connectivity index is 1.56. The van der Waals surface area contributed by atoms with Crippen molar-refractivity contribution in [2.24, 2.45) is 5.92 Å². The van der Waals surface area contributed by atoms with Crippen LogP contribution < -0.4 is 5.32 Å². The van der Waals surface area contributed by atoms with Gasteiger partial charge < -0.3 is 5.32 Å². The molecule has 3 nitrogen and oxygen atoms in total. The van der Waals surface area contributed by atoms with Crippen LogP contribution in [0.15, 0.2) is 54.6 Å². The predicted octanol–water partition coefficient (Wildman–Crippen LogP) is 2.74. The standard InChI is InChI=1S/C17H19NO2S/c19-16(15-8-4-5-9-15)10-11-21-13-17(20)18-12-14-6-2-1-3-7-14/h1-9,15H,10-13H2,(H,18,20). The predicted molar refractivity (Wildman–Crippen MR) is 87.0 cm³/mol. The van der Waals surface area contributed by atoms with Crippen molar-refractivity contribution in [3.63, 3.8) is 0 Å². The Bertz CT molecular complexity index is 525. The molecule has 0 unspecified atom stereocenters. The molecule has 1 N–H and O–H groups in total. The number of rotatable bonds is 8. The fourth-order valence-corrected chi connectivity index (χ4v) is 2.78. The van der Waals surface area contributed by atoms with Crippen LogP contribution >= 0.6 is 11.8 Å². The molecule has 1 aliphatic rings. The lowest BCUT2D eigenvalue weighted by atomic mass is 10.1. The van der Waals surface area contributed by atoms with Gasteiger partial charge in [-0.05, 0) is 5.56 Å². The van der Waals surface area contributed by atoms with E-state index in [0.717, 1.165) is 5.56 Å². The molecule has 0 atom stereocenters. The smallest absolute Gasteiger partial charge is 0.230 e. The van der Waals surface area contributed by atoms with Crippen LogP contribution in [0.1, 0.15) is 12.0 Å². The Hall–Kier alpha value is -1.81. The van der Waals surface area contributed by atoms with Gasteiger partial charge in [-0.25, -0.2) is 0 Å². The van der Waals surface area contributed by atoms with Crippen LogP contribution in [-0.4, -0.2) is 23.2 Å². The lowest BCUT2D eigenvalue weighted by Crippen LogP contribution is -2.24. The number of ketones is 1. The van der Waals surface area contributed by atoms with Crippen molar-refractivity contribution >= 4 is 23.5 Å². The number of hydrogen-bond donors (Lipinski definition) is 1. The number of carbonyl (C=O) groups excluding carboxylic acids is 2. The minimum Gasteiger partial charge on any atom is -0.351 e. The number of amides is 1. The van der Waals surface area contributed by atoms with Crippen molar-refractivity contribution in [3.05, 3.63) is 60.2 Å². The molecule has 0 radical (unpaired) electrons. The average molecular weight is 301 g/mol. The number of carbonyl (C=O) groups is 2. The summed E-state index contributed by atoms with van der Waals surface area (Å²) in [5.74, 6) is 1.26. The minimum atomic E-state index is -0.0579. The van der Waals surface area contributed by atoms with Crippen LogP contribution in [0.4, 0.5) is 0 Å². The zero-order valence-corrected chi connectivity index (χ0v) is 12.6. The molecule has 110 valence electrons. The number of benzene rings is 1. The molecular weight excluding hydrogens is 282 g/mol. The van der Waals surface area contributed by atoms with E-state index in [1.807, 2.05) is 54.6 Å². The molecule has 2 rings (SSSR count). The zero-order valence-electron chi connectivity index (χ0n) is 11.8. The molecule has 0 saturated heterocycles. The maximum absolute atomic E-state index is 11.8. The monoisotopic (exact) mass is 301 g/mol. The maximum atomic E-state index is 11.8. The van der Waals surface area contributed by atoms with E-state index in [-0.39, 0.29) is 17.6 Å². The number of nitrogens with one attached hydrogen (secondary N) is 1. The largest absolute Gasteiger partial charge is 0.351 e. The number of allylic oxidation sites excluding steroid dienone is 4. The van der Waals surface area contributed by atoms with Gasteiger partial charge in [-0.3, -0.25) is 9.59 Å². The van der Waals surface area contributed by atoms with Gasteiger partial charge in [0, 0.05) is 18.7 Å². The Morgan fingerprint density at radius 2 is 1.81 bits per heavy atom. The van der Waals surface area contributed by atoms with Crippen molar-refractivity contribution in [3.8, 4) is 0 Å². The second kappa shape index (κ2) is 8.47. The molecule has 21 heavy (non-hydrogen) atoms. The first-order chi connectivity index (χ1) is 10.3. The Morgan fingerprint density at radius 3 is 2.52 bits per heavy atom. The fourth-order valence-electron chi connectivity index (χ4n) is 2.00. The summed E-state index contributed by atoms with van der Waals surface area (Å²) in [4.78, 5) is 23.5. The summed E-state index contributed by atoms with van der Waals surface area (Å²) in [6, 6.07) is 9.82. The van der Waals surface area contributed by atoms with E-state index in [1.165, 1.54) is 11.8 Å². The highest BCUT2D eigenvalue weighted by Gasteiger charge is 2.13. The lowest BCUT2D eigenvalue weighted by molar-refractivity contribution is -0.120. The molecule has 0 fully saturated rings. The van der Waals surface area contributed by atoms with Crippen molar-refractivity contribution < 1.29 is 9.59 Å². The molecule has 0 heterocycles. The van der Waals surface area contributed by atoms with E-state index in [0.29, 0.717) is 24.5 Å². The normalized spacial score (nSPS) is 13.5. The van der Waals surface area contributed by atoms with E-state index < -0.39 is 0 Å². The zero-order chi connectivity index (χ0) is 14.9. The third-order valence-electron chi connectivity index (χ3n) is 3.18. The van der Waals surface area contributed by atoms with Gasteiger partial charge in [0.1, 0.15) is 5.78 Å². The second-order valence-corrected chi connectivity index (χ2v) is 5.93. The van der Waals surface area contributed by atoms with Crippen LogP contribution in [0.5, 0.6) is 0 Å². The van der Waals surface area contributed by atoms with Crippen molar-refractivity contribution in [1.29, 1.82) is 0 Å². The van der Waals surface area contributed by atoms with Crippen LogP contribution in [-0.2, 0) is 16.1 Å². The molecule has 0 bridgehead atoms. The van der Waals surface area contributed by atoms with Crippen LogP contribution in [0.25, 0.3) is 0 Å². The summed E-state index contributed by atoms with van der Waals surface area (Å²) in [5, 5.41) is 2.88. The topological polar surface area (TPSA) is 46.2 Å². The summed E-state index contributed by atoms with van der Waals surface area (Å²) in [6.45, 7) is 0.552.